The standard InChI is InChI=1S/C44H28Cl2N4O2S2/c45-29-19-23-31(24-20-29)49-43(41(51)33-15-7-9-17-35(33)53-43)37(27-11-3-1-4-12-27)39(47-49)40-38(28-13-5-2-6-14-28)44(42(52)34-16-8-10-18-36(34)54-44)50(48-40)32-25-21-30(46)22-26-32/h1-26,37-38H. The van der Waals surface area contributed by atoms with Crippen LogP contribution in [0.3, 0.4) is 0 Å². The van der Waals surface area contributed by atoms with Crippen molar-refractivity contribution in [3.05, 3.63) is 190 Å². The van der Waals surface area contributed by atoms with Crippen LogP contribution in [0.15, 0.2) is 178 Å². The van der Waals surface area contributed by atoms with Crippen molar-refractivity contribution in [3.8, 4) is 0 Å². The van der Waals surface area contributed by atoms with Gasteiger partial charge in [0.15, 0.2) is 9.74 Å². The summed E-state index contributed by atoms with van der Waals surface area (Å²) in [5.41, 5.74) is 5.74. The van der Waals surface area contributed by atoms with Gasteiger partial charge in [-0.2, -0.15) is 10.2 Å². The average molecular weight is 780 g/mol. The molecule has 10 heteroatoms. The average Bonchev–Trinajstić information content (AvgIpc) is 3.91. The van der Waals surface area contributed by atoms with Crippen molar-refractivity contribution in [2.45, 2.75) is 31.4 Å². The third-order valence-electron chi connectivity index (χ3n) is 10.5. The number of ketones is 2. The van der Waals surface area contributed by atoms with E-state index in [0.717, 1.165) is 20.9 Å². The Morgan fingerprint density at radius 2 is 0.815 bits per heavy atom. The fraction of sp³-hybridized carbons (Fsp3) is 0.0909. The van der Waals surface area contributed by atoms with Gasteiger partial charge in [-0.3, -0.25) is 9.59 Å². The summed E-state index contributed by atoms with van der Waals surface area (Å²) in [7, 11) is 0. The molecule has 0 N–H and O–H groups in total. The van der Waals surface area contributed by atoms with E-state index in [-0.39, 0.29) is 11.6 Å². The lowest BCUT2D eigenvalue weighted by atomic mass is 9.76. The van der Waals surface area contributed by atoms with Crippen molar-refractivity contribution < 1.29 is 9.59 Å². The number of hydrogen-bond acceptors (Lipinski definition) is 8. The molecule has 0 aliphatic carbocycles. The van der Waals surface area contributed by atoms with Crippen LogP contribution in [0.25, 0.3) is 0 Å². The summed E-state index contributed by atoms with van der Waals surface area (Å²) >= 11 is 15.9. The lowest BCUT2D eigenvalue weighted by Crippen LogP contribution is -2.51. The maximum atomic E-state index is 15.3. The minimum atomic E-state index is -1.26. The van der Waals surface area contributed by atoms with Gasteiger partial charge in [-0.15, -0.1) is 0 Å². The van der Waals surface area contributed by atoms with E-state index in [4.69, 9.17) is 33.4 Å². The molecule has 4 aliphatic rings. The fourth-order valence-corrected chi connectivity index (χ4v) is 11.5. The number of rotatable bonds is 5. The number of nitrogens with zero attached hydrogens (tertiary/aromatic N) is 4. The van der Waals surface area contributed by atoms with Gasteiger partial charge >= 0.3 is 0 Å². The van der Waals surface area contributed by atoms with Gasteiger partial charge in [-0.05, 0) is 71.8 Å². The molecule has 0 aromatic heterocycles. The van der Waals surface area contributed by atoms with Crippen molar-refractivity contribution >= 4 is 81.1 Å². The van der Waals surface area contributed by atoms with E-state index in [1.807, 2.05) is 143 Å². The van der Waals surface area contributed by atoms with Crippen LogP contribution in [0.5, 0.6) is 0 Å². The molecule has 0 saturated carbocycles. The summed E-state index contributed by atoms with van der Waals surface area (Å²) < 4.78 is 0. The molecule has 10 rings (SSSR count). The molecule has 0 bridgehead atoms. The van der Waals surface area contributed by atoms with Crippen molar-refractivity contribution in [2.24, 2.45) is 10.2 Å². The molecular weight excluding hydrogens is 752 g/mol. The van der Waals surface area contributed by atoms with Gasteiger partial charge in [-0.25, -0.2) is 10.0 Å². The number of hydrogen-bond donors (Lipinski definition) is 0. The molecule has 262 valence electrons. The SMILES string of the molecule is O=C1c2ccccc2SC12C(c1ccccc1)C(C1=NN(c3ccc(Cl)cc3)C3(Sc4ccccc4C3=O)C1c1ccccc1)=NN2c1ccc(Cl)cc1. The predicted molar refractivity (Wildman–Crippen MR) is 220 cm³/mol. The zero-order valence-electron chi connectivity index (χ0n) is 28.3. The highest BCUT2D eigenvalue weighted by atomic mass is 35.5. The van der Waals surface area contributed by atoms with E-state index >= 15 is 9.59 Å². The third-order valence-corrected chi connectivity index (χ3v) is 14.0. The first-order chi connectivity index (χ1) is 26.4. The number of benzene rings is 6. The van der Waals surface area contributed by atoms with Gasteiger partial charge in [0.2, 0.25) is 11.6 Å². The number of fused-ring (bicyclic) bond motifs is 2. The lowest BCUT2D eigenvalue weighted by molar-refractivity contribution is 0.0935. The van der Waals surface area contributed by atoms with Gasteiger partial charge < -0.3 is 0 Å². The largest absolute Gasteiger partial charge is 0.290 e. The van der Waals surface area contributed by atoms with Gasteiger partial charge in [0.25, 0.3) is 0 Å². The van der Waals surface area contributed by atoms with Crippen LogP contribution in [0.2, 0.25) is 10.0 Å². The van der Waals surface area contributed by atoms with Gasteiger partial charge in [-0.1, -0.05) is 144 Å². The Labute approximate surface area is 330 Å². The second kappa shape index (κ2) is 12.7. The summed E-state index contributed by atoms with van der Waals surface area (Å²) in [4.78, 5) is 29.7. The zero-order valence-corrected chi connectivity index (χ0v) is 31.5. The lowest BCUT2D eigenvalue weighted by Gasteiger charge is -2.37. The summed E-state index contributed by atoms with van der Waals surface area (Å²) in [5, 5.41) is 15.9. The first-order valence-electron chi connectivity index (χ1n) is 17.4. The molecule has 6 aromatic carbocycles. The smallest absolute Gasteiger partial charge is 0.203 e. The highest BCUT2D eigenvalue weighted by Gasteiger charge is 2.68. The number of thioether (sulfide) groups is 2. The van der Waals surface area contributed by atoms with Crippen LogP contribution < -0.4 is 10.0 Å². The molecule has 0 radical (unpaired) electrons. The van der Waals surface area contributed by atoms with Crippen molar-refractivity contribution in [1.82, 2.24) is 0 Å². The number of carbonyl (C=O) groups is 2. The number of hydrazone groups is 2. The first-order valence-corrected chi connectivity index (χ1v) is 19.8. The number of carbonyl (C=O) groups excluding carboxylic acids is 2. The highest BCUT2D eigenvalue weighted by Crippen LogP contribution is 2.62. The Hall–Kier alpha value is -5.12. The fourth-order valence-electron chi connectivity index (χ4n) is 8.17. The summed E-state index contributed by atoms with van der Waals surface area (Å²) in [6, 6.07) is 50.4. The number of anilines is 2. The van der Waals surface area contributed by atoms with Crippen molar-refractivity contribution in [1.29, 1.82) is 0 Å². The number of halogens is 2. The molecule has 0 fully saturated rings. The van der Waals surface area contributed by atoms with E-state index in [2.05, 4.69) is 24.3 Å². The van der Waals surface area contributed by atoms with Crippen LogP contribution in [-0.2, 0) is 0 Å². The van der Waals surface area contributed by atoms with Crippen LogP contribution >= 0.6 is 46.7 Å². The molecule has 4 heterocycles. The Bertz CT molecular complexity index is 2370. The van der Waals surface area contributed by atoms with Gasteiger partial charge in [0.05, 0.1) is 34.6 Å². The summed E-state index contributed by atoms with van der Waals surface area (Å²) in [6.45, 7) is 0. The quantitative estimate of drug-likeness (QED) is 0.174. The van der Waals surface area contributed by atoms with Gasteiger partial charge in [0, 0.05) is 31.0 Å². The molecule has 54 heavy (non-hydrogen) atoms. The van der Waals surface area contributed by atoms with E-state index in [9.17, 15) is 0 Å². The van der Waals surface area contributed by atoms with E-state index in [0.29, 0.717) is 44.0 Å². The summed E-state index contributed by atoms with van der Waals surface area (Å²) in [5.74, 6) is -1.31. The minimum absolute atomic E-state index is 0.0523. The normalized spacial score (nSPS) is 24.0. The molecular formula is C44H28Cl2N4O2S2. The van der Waals surface area contributed by atoms with Crippen LogP contribution in [-0.4, -0.2) is 32.7 Å². The molecule has 4 aliphatic heterocycles. The highest BCUT2D eigenvalue weighted by molar-refractivity contribution is 8.02. The summed E-state index contributed by atoms with van der Waals surface area (Å²) in [6.07, 6.45) is 0. The van der Waals surface area contributed by atoms with Crippen LogP contribution in [0.1, 0.15) is 43.7 Å². The van der Waals surface area contributed by atoms with Crippen LogP contribution in [0, 0.1) is 0 Å². The first kappa shape index (κ1) is 33.4. The maximum Gasteiger partial charge on any atom is 0.203 e. The molecule has 4 atom stereocenters. The second-order valence-corrected chi connectivity index (χ2v) is 16.9. The molecule has 4 unspecified atom stereocenters. The topological polar surface area (TPSA) is 65.3 Å². The molecule has 6 aromatic rings. The van der Waals surface area contributed by atoms with Gasteiger partial charge in [0.1, 0.15) is 0 Å². The predicted octanol–water partition coefficient (Wildman–Crippen LogP) is 11.0. The van der Waals surface area contributed by atoms with Crippen molar-refractivity contribution in [3.63, 3.8) is 0 Å². The second-order valence-electron chi connectivity index (χ2n) is 13.5. The Balaban J connectivity index is 1.27. The molecule has 2 spiro atoms. The van der Waals surface area contributed by atoms with E-state index in [1.54, 1.807) is 0 Å². The van der Waals surface area contributed by atoms with E-state index < -0.39 is 21.6 Å². The third kappa shape index (κ3) is 4.83. The minimum Gasteiger partial charge on any atom is -0.290 e. The molecule has 6 nitrogen and oxygen atoms in total. The monoisotopic (exact) mass is 778 g/mol. The zero-order chi connectivity index (χ0) is 36.6. The molecule has 0 saturated heterocycles. The Morgan fingerprint density at radius 1 is 0.463 bits per heavy atom. The maximum absolute atomic E-state index is 15.3. The van der Waals surface area contributed by atoms with E-state index in [1.165, 1.54) is 23.5 Å². The molecule has 0 amide bonds. The van der Waals surface area contributed by atoms with Crippen LogP contribution in [0.4, 0.5) is 11.4 Å². The Kier molecular flexibility index (Phi) is 7.89. The Morgan fingerprint density at radius 3 is 1.19 bits per heavy atom. The number of Topliss-reactive ketones (excluding diaryl/α,β-unsaturated/α-hetero) is 2. The van der Waals surface area contributed by atoms with Crippen molar-refractivity contribution in [2.75, 3.05) is 10.0 Å².